The highest BCUT2D eigenvalue weighted by Crippen LogP contribution is 2.24. The van der Waals surface area contributed by atoms with Gasteiger partial charge in [0.25, 0.3) is 5.91 Å². The minimum absolute atomic E-state index is 0.0263. The molecular formula is C10H10F6N2O4S2. The van der Waals surface area contributed by atoms with Gasteiger partial charge in [-0.05, 0) is 0 Å². The third-order valence-corrected chi connectivity index (χ3v) is 4.26. The van der Waals surface area contributed by atoms with E-state index in [0.29, 0.717) is 0 Å². The Kier molecular flexibility index (Phi) is 6.46. The molecule has 0 aliphatic carbocycles. The van der Waals surface area contributed by atoms with E-state index in [4.69, 9.17) is 4.74 Å². The molecule has 0 atom stereocenters. The molecule has 0 saturated carbocycles. The van der Waals surface area contributed by atoms with Crippen molar-refractivity contribution in [1.29, 1.82) is 0 Å². The van der Waals surface area contributed by atoms with Crippen LogP contribution in [-0.4, -0.2) is 45.7 Å². The van der Waals surface area contributed by atoms with Crippen molar-refractivity contribution < 1.29 is 44.3 Å². The summed E-state index contributed by atoms with van der Waals surface area (Å²) in [5.41, 5.74) is -5.57. The normalized spacial score (nSPS) is 12.9. The smallest absolute Gasteiger partial charge is 0.483 e. The summed E-state index contributed by atoms with van der Waals surface area (Å²) in [6, 6.07) is 1.08. The maximum atomic E-state index is 12.0. The van der Waals surface area contributed by atoms with Gasteiger partial charge in [0.15, 0.2) is 5.06 Å². The van der Waals surface area contributed by atoms with Crippen molar-refractivity contribution in [3.05, 3.63) is 17.0 Å². The maximum Gasteiger partial charge on any atom is 0.511 e. The summed E-state index contributed by atoms with van der Waals surface area (Å²) in [6.07, 6.45) is -4.57. The van der Waals surface area contributed by atoms with Crippen LogP contribution in [-0.2, 0) is 10.0 Å². The third-order valence-electron chi connectivity index (χ3n) is 2.23. The minimum atomic E-state index is -5.48. The molecule has 138 valence electrons. The molecule has 14 heteroatoms. The Morgan fingerprint density at radius 2 is 1.83 bits per heavy atom. The van der Waals surface area contributed by atoms with E-state index in [9.17, 15) is 39.6 Å². The summed E-state index contributed by atoms with van der Waals surface area (Å²) in [5, 5.41) is 2.83. The number of nitrogens with one attached hydrogen (secondary N) is 2. The quantitative estimate of drug-likeness (QED) is 0.541. The van der Waals surface area contributed by atoms with Gasteiger partial charge >= 0.3 is 21.7 Å². The Balaban J connectivity index is 2.44. The molecule has 0 fully saturated rings. The number of thiophene rings is 1. The average Bonchev–Trinajstić information content (AvgIpc) is 2.88. The Morgan fingerprint density at radius 1 is 1.21 bits per heavy atom. The molecular weight excluding hydrogens is 390 g/mol. The van der Waals surface area contributed by atoms with Crippen molar-refractivity contribution in [2.75, 3.05) is 19.7 Å². The van der Waals surface area contributed by atoms with E-state index in [2.05, 4.69) is 0 Å². The highest BCUT2D eigenvalue weighted by molar-refractivity contribution is 7.90. The van der Waals surface area contributed by atoms with Crippen molar-refractivity contribution in [3.8, 4) is 5.06 Å². The maximum absolute atomic E-state index is 12.0. The van der Waals surface area contributed by atoms with Gasteiger partial charge in [-0.15, -0.1) is 11.3 Å². The van der Waals surface area contributed by atoms with Crippen LogP contribution >= 0.6 is 11.3 Å². The molecule has 6 nitrogen and oxygen atoms in total. The summed E-state index contributed by atoms with van der Waals surface area (Å²) < 4.78 is 99.4. The first-order valence-electron chi connectivity index (χ1n) is 5.94. The summed E-state index contributed by atoms with van der Waals surface area (Å²) in [7, 11) is -5.48. The number of rotatable bonds is 7. The second-order valence-electron chi connectivity index (χ2n) is 4.14. The lowest BCUT2D eigenvalue weighted by atomic mass is 10.3. The van der Waals surface area contributed by atoms with E-state index in [-0.39, 0.29) is 10.6 Å². The molecule has 1 aromatic heterocycles. The number of alkyl halides is 6. The summed E-state index contributed by atoms with van der Waals surface area (Å²) in [4.78, 5) is 11.4. The number of amides is 1. The fourth-order valence-electron chi connectivity index (χ4n) is 1.20. The van der Waals surface area contributed by atoms with Crippen molar-refractivity contribution in [3.63, 3.8) is 0 Å². The SMILES string of the molecule is O=C(NCC(F)(F)F)c1csc(OCCNS(=O)(=O)C(F)(F)F)c1. The number of carbonyl (C=O) groups excluding carboxylic acids is 1. The second kappa shape index (κ2) is 7.57. The van der Waals surface area contributed by atoms with Gasteiger partial charge in [0, 0.05) is 18.0 Å². The van der Waals surface area contributed by atoms with Crippen molar-refractivity contribution >= 4 is 27.3 Å². The molecule has 0 aliphatic rings. The Labute approximate surface area is 135 Å². The average molecular weight is 400 g/mol. The molecule has 0 aliphatic heterocycles. The van der Waals surface area contributed by atoms with Crippen LogP contribution < -0.4 is 14.8 Å². The van der Waals surface area contributed by atoms with Crippen LogP contribution in [0.1, 0.15) is 10.4 Å². The van der Waals surface area contributed by atoms with Crippen LogP contribution in [0.4, 0.5) is 26.3 Å². The second-order valence-corrected chi connectivity index (χ2v) is 6.78. The highest BCUT2D eigenvalue weighted by atomic mass is 32.2. The molecule has 24 heavy (non-hydrogen) atoms. The van der Waals surface area contributed by atoms with E-state index in [1.165, 1.54) is 10.1 Å². The van der Waals surface area contributed by atoms with Crippen LogP contribution in [0, 0.1) is 0 Å². The van der Waals surface area contributed by atoms with E-state index >= 15 is 0 Å². The van der Waals surface area contributed by atoms with Crippen LogP contribution in [0.15, 0.2) is 11.4 Å². The number of ether oxygens (including phenoxy) is 1. The first-order chi connectivity index (χ1) is 10.8. The fraction of sp³-hybridized carbons (Fsp3) is 0.500. The van der Waals surface area contributed by atoms with E-state index < -0.39 is 47.3 Å². The molecule has 0 bridgehead atoms. The molecule has 1 rings (SSSR count). The van der Waals surface area contributed by atoms with Gasteiger partial charge in [0.05, 0.1) is 5.56 Å². The van der Waals surface area contributed by atoms with Crippen LogP contribution in [0.25, 0.3) is 0 Å². The summed E-state index contributed by atoms with van der Waals surface area (Å²) in [5.74, 6) is -1.00. The Bertz CT molecular complexity index is 668. The largest absolute Gasteiger partial charge is 0.511 e. The molecule has 1 amide bonds. The first-order valence-corrected chi connectivity index (χ1v) is 8.30. The highest BCUT2D eigenvalue weighted by Gasteiger charge is 2.45. The number of carbonyl (C=O) groups is 1. The number of hydrogen-bond donors (Lipinski definition) is 2. The monoisotopic (exact) mass is 400 g/mol. The fourth-order valence-corrected chi connectivity index (χ4v) is 2.48. The predicted molar refractivity (Wildman–Crippen MR) is 71.2 cm³/mol. The minimum Gasteiger partial charge on any atom is -0.483 e. The van der Waals surface area contributed by atoms with Crippen molar-refractivity contribution in [1.82, 2.24) is 10.0 Å². The number of halogens is 6. The van der Waals surface area contributed by atoms with Crippen LogP contribution in [0.2, 0.25) is 0 Å². The van der Waals surface area contributed by atoms with Gasteiger partial charge in [0.2, 0.25) is 0 Å². The van der Waals surface area contributed by atoms with Gasteiger partial charge < -0.3 is 10.1 Å². The van der Waals surface area contributed by atoms with Gasteiger partial charge in [-0.1, -0.05) is 0 Å². The lowest BCUT2D eigenvalue weighted by Crippen LogP contribution is -2.38. The Hall–Kier alpha value is -1.54. The van der Waals surface area contributed by atoms with E-state index in [1.54, 1.807) is 5.32 Å². The topological polar surface area (TPSA) is 84.5 Å². The van der Waals surface area contributed by atoms with Crippen molar-refractivity contribution in [2.24, 2.45) is 0 Å². The lowest BCUT2D eigenvalue weighted by Gasteiger charge is -2.09. The van der Waals surface area contributed by atoms with Crippen LogP contribution in [0.3, 0.4) is 0 Å². The molecule has 1 aromatic rings. The first kappa shape index (κ1) is 20.5. The zero-order valence-corrected chi connectivity index (χ0v) is 13.1. The van der Waals surface area contributed by atoms with Crippen LogP contribution in [0.5, 0.6) is 5.06 Å². The van der Waals surface area contributed by atoms with Gasteiger partial charge in [0.1, 0.15) is 13.2 Å². The zero-order valence-electron chi connectivity index (χ0n) is 11.5. The third kappa shape index (κ3) is 6.52. The standard InChI is InChI=1S/C10H10F6N2O4S2/c11-9(12,13)5-17-8(19)6-3-7(23-4-6)22-2-1-18-24(20,21)10(14,15)16/h3-4,18H,1-2,5H2,(H,17,19). The summed E-state index contributed by atoms with van der Waals surface area (Å²) >= 11 is 0.811. The molecule has 0 aromatic carbocycles. The van der Waals surface area contributed by atoms with Gasteiger partial charge in [-0.2, -0.15) is 26.3 Å². The van der Waals surface area contributed by atoms with Crippen molar-refractivity contribution in [2.45, 2.75) is 11.7 Å². The molecule has 0 saturated heterocycles. The lowest BCUT2D eigenvalue weighted by molar-refractivity contribution is -0.123. The van der Waals surface area contributed by atoms with Gasteiger partial charge in [-0.25, -0.2) is 13.1 Å². The molecule has 1 heterocycles. The zero-order chi connectivity index (χ0) is 18.6. The van der Waals surface area contributed by atoms with E-state index in [0.717, 1.165) is 17.4 Å². The van der Waals surface area contributed by atoms with E-state index in [1.807, 2.05) is 0 Å². The predicted octanol–water partition coefficient (Wildman–Crippen LogP) is 1.86. The Morgan fingerprint density at radius 3 is 2.38 bits per heavy atom. The van der Waals surface area contributed by atoms with Gasteiger partial charge in [-0.3, -0.25) is 4.79 Å². The molecule has 2 N–H and O–H groups in total. The summed E-state index contributed by atoms with van der Waals surface area (Å²) in [6.45, 7) is -2.67. The number of hydrogen-bond acceptors (Lipinski definition) is 5. The molecule has 0 unspecified atom stereocenters. The molecule has 0 radical (unpaired) electrons. The number of sulfonamides is 1. The molecule has 0 spiro atoms.